The molecule has 0 aliphatic carbocycles. The van der Waals surface area contributed by atoms with Gasteiger partial charge >= 0.3 is 0 Å². The van der Waals surface area contributed by atoms with E-state index in [1.165, 1.54) is 25.1 Å². The van der Waals surface area contributed by atoms with Gasteiger partial charge in [-0.1, -0.05) is 24.3 Å². The highest BCUT2D eigenvalue weighted by atomic mass is 15.2. The van der Waals surface area contributed by atoms with Gasteiger partial charge in [-0.25, -0.2) is 0 Å². The van der Waals surface area contributed by atoms with E-state index in [4.69, 9.17) is 0 Å². The number of quaternary nitrogens is 2. The molecule has 1 aromatic carbocycles. The van der Waals surface area contributed by atoms with Gasteiger partial charge in [0, 0.05) is 12.0 Å². The molecular formula is C12H20N2+2. The van der Waals surface area contributed by atoms with Crippen molar-refractivity contribution in [2.24, 2.45) is 0 Å². The van der Waals surface area contributed by atoms with Crippen LogP contribution in [0.25, 0.3) is 0 Å². The van der Waals surface area contributed by atoms with Crippen LogP contribution in [-0.4, -0.2) is 19.1 Å². The average molecular weight is 192 g/mol. The van der Waals surface area contributed by atoms with Crippen molar-refractivity contribution in [3.05, 3.63) is 35.4 Å². The zero-order valence-electron chi connectivity index (χ0n) is 8.92. The summed E-state index contributed by atoms with van der Waals surface area (Å²) in [5.74, 6) is 0. The molecule has 0 saturated heterocycles. The Morgan fingerprint density at radius 2 is 2.07 bits per heavy atom. The van der Waals surface area contributed by atoms with Crippen molar-refractivity contribution in [2.45, 2.75) is 25.9 Å². The second-order valence-electron chi connectivity index (χ2n) is 4.29. The number of nitrogens with one attached hydrogen (secondary N) is 1. The molecule has 2 atom stereocenters. The molecule has 2 nitrogen and oxygen atoms in total. The molecule has 0 aromatic heterocycles. The normalized spacial score (nSPS) is 22.9. The van der Waals surface area contributed by atoms with Crippen molar-refractivity contribution >= 4 is 0 Å². The van der Waals surface area contributed by atoms with Gasteiger partial charge in [0.25, 0.3) is 0 Å². The van der Waals surface area contributed by atoms with E-state index in [0.29, 0.717) is 6.04 Å². The van der Waals surface area contributed by atoms with E-state index in [1.807, 2.05) is 0 Å². The Labute approximate surface area is 85.7 Å². The Hall–Kier alpha value is -0.860. The minimum Gasteiger partial charge on any atom is -0.353 e. The van der Waals surface area contributed by atoms with E-state index in [9.17, 15) is 0 Å². The third-order valence-electron chi connectivity index (χ3n) is 3.38. The summed E-state index contributed by atoms with van der Waals surface area (Å²) in [6, 6.07) is 9.53. The Morgan fingerprint density at radius 1 is 1.36 bits per heavy atom. The molecule has 0 radical (unpaired) electrons. The second-order valence-corrected chi connectivity index (χ2v) is 4.29. The van der Waals surface area contributed by atoms with Gasteiger partial charge in [-0.3, -0.25) is 0 Å². The van der Waals surface area contributed by atoms with Crippen molar-refractivity contribution in [1.82, 2.24) is 0 Å². The van der Waals surface area contributed by atoms with Gasteiger partial charge in [0.1, 0.15) is 19.1 Å². The van der Waals surface area contributed by atoms with E-state index in [-0.39, 0.29) is 0 Å². The predicted octanol–water partition coefficient (Wildman–Crippen LogP) is -0.742. The molecule has 2 heteroatoms. The Bertz CT molecular complexity index is 309. The monoisotopic (exact) mass is 192 g/mol. The third kappa shape index (κ3) is 1.81. The standard InChI is InChI=1S/C12H18N2/c1-10(8-13)14-7-6-11-4-2-3-5-12(11)9-14/h2-5,10H,6-9,13H2,1H3/p+2/t10-/m1/s1. The van der Waals surface area contributed by atoms with E-state index in [1.54, 1.807) is 10.5 Å². The predicted molar refractivity (Wildman–Crippen MR) is 56.9 cm³/mol. The van der Waals surface area contributed by atoms with Crippen LogP contribution in [0.1, 0.15) is 18.1 Å². The van der Waals surface area contributed by atoms with Crippen LogP contribution in [0.2, 0.25) is 0 Å². The number of hydrogen-bond acceptors (Lipinski definition) is 0. The SMILES string of the molecule is C[C@H](C[NH3+])[NH+]1CCc2ccccc2C1. The molecule has 4 N–H and O–H groups in total. The molecule has 1 heterocycles. The zero-order valence-corrected chi connectivity index (χ0v) is 8.92. The first kappa shape index (κ1) is 9.69. The highest BCUT2D eigenvalue weighted by molar-refractivity contribution is 5.27. The lowest BCUT2D eigenvalue weighted by Gasteiger charge is -2.29. The lowest BCUT2D eigenvalue weighted by Crippen LogP contribution is -3.16. The first-order valence-electron chi connectivity index (χ1n) is 5.52. The first-order chi connectivity index (χ1) is 6.81. The summed E-state index contributed by atoms with van der Waals surface area (Å²) in [4.78, 5) is 1.69. The van der Waals surface area contributed by atoms with Gasteiger partial charge in [-0.15, -0.1) is 0 Å². The molecule has 0 saturated carbocycles. The van der Waals surface area contributed by atoms with Crippen molar-refractivity contribution in [2.75, 3.05) is 13.1 Å². The largest absolute Gasteiger partial charge is 0.353 e. The van der Waals surface area contributed by atoms with Crippen molar-refractivity contribution in [1.29, 1.82) is 0 Å². The number of fused-ring (bicyclic) bond motifs is 1. The maximum absolute atomic E-state index is 4.00. The fourth-order valence-electron chi connectivity index (χ4n) is 2.23. The molecule has 14 heavy (non-hydrogen) atoms. The van der Waals surface area contributed by atoms with Crippen LogP contribution in [0.4, 0.5) is 0 Å². The van der Waals surface area contributed by atoms with E-state index < -0.39 is 0 Å². The highest BCUT2D eigenvalue weighted by Crippen LogP contribution is 2.10. The topological polar surface area (TPSA) is 32.1 Å². The maximum Gasteiger partial charge on any atom is 0.134 e. The quantitative estimate of drug-likeness (QED) is 0.618. The van der Waals surface area contributed by atoms with Crippen LogP contribution in [0.15, 0.2) is 24.3 Å². The molecule has 1 aliphatic heterocycles. The van der Waals surface area contributed by atoms with E-state index in [0.717, 1.165) is 6.54 Å². The highest BCUT2D eigenvalue weighted by Gasteiger charge is 2.23. The molecule has 1 aliphatic rings. The molecule has 0 bridgehead atoms. The summed E-state index contributed by atoms with van der Waals surface area (Å²) in [7, 11) is 0. The van der Waals surface area contributed by atoms with Crippen LogP contribution in [0.5, 0.6) is 0 Å². The Kier molecular flexibility index (Phi) is 2.85. The van der Waals surface area contributed by atoms with Crippen molar-refractivity contribution in [3.8, 4) is 0 Å². The fraction of sp³-hybridized carbons (Fsp3) is 0.500. The molecule has 1 unspecified atom stereocenters. The lowest BCUT2D eigenvalue weighted by atomic mass is 9.99. The molecule has 1 aromatic rings. The molecule has 0 amide bonds. The maximum atomic E-state index is 4.00. The van der Waals surface area contributed by atoms with Gasteiger partial charge in [0.2, 0.25) is 0 Å². The minimum atomic E-state index is 0.698. The van der Waals surface area contributed by atoms with E-state index >= 15 is 0 Å². The van der Waals surface area contributed by atoms with Gasteiger partial charge in [-0.2, -0.15) is 0 Å². The summed E-state index contributed by atoms with van der Waals surface area (Å²) >= 11 is 0. The zero-order chi connectivity index (χ0) is 9.97. The van der Waals surface area contributed by atoms with E-state index in [2.05, 4.69) is 36.9 Å². The van der Waals surface area contributed by atoms with Gasteiger partial charge < -0.3 is 10.6 Å². The van der Waals surface area contributed by atoms with Crippen LogP contribution in [0, 0.1) is 0 Å². The molecule has 76 valence electrons. The van der Waals surface area contributed by atoms with Crippen molar-refractivity contribution in [3.63, 3.8) is 0 Å². The Balaban J connectivity index is 2.13. The van der Waals surface area contributed by atoms with Gasteiger partial charge in [0.15, 0.2) is 0 Å². The summed E-state index contributed by atoms with van der Waals surface area (Å²) < 4.78 is 0. The molecule has 0 spiro atoms. The van der Waals surface area contributed by atoms with Crippen LogP contribution < -0.4 is 10.6 Å². The lowest BCUT2D eigenvalue weighted by molar-refractivity contribution is -0.944. The minimum absolute atomic E-state index is 0.698. The summed E-state index contributed by atoms with van der Waals surface area (Å²) in [5.41, 5.74) is 7.08. The van der Waals surface area contributed by atoms with Crippen LogP contribution in [0.3, 0.4) is 0 Å². The van der Waals surface area contributed by atoms with Gasteiger partial charge in [0.05, 0.1) is 6.54 Å². The molecule has 0 fully saturated rings. The summed E-state index contributed by atoms with van der Waals surface area (Å²) in [6.07, 6.45) is 1.23. The molecule has 2 rings (SSSR count). The third-order valence-corrected chi connectivity index (χ3v) is 3.38. The smallest absolute Gasteiger partial charge is 0.134 e. The summed E-state index contributed by atoms with van der Waals surface area (Å²) in [5, 5.41) is 0. The fourth-order valence-corrected chi connectivity index (χ4v) is 2.23. The average Bonchev–Trinajstić information content (AvgIpc) is 2.27. The number of hydrogen-bond donors (Lipinski definition) is 2. The number of rotatable bonds is 2. The summed E-state index contributed by atoms with van der Waals surface area (Å²) in [6.45, 7) is 5.80. The molecular weight excluding hydrogens is 172 g/mol. The number of benzene rings is 1. The first-order valence-corrected chi connectivity index (χ1v) is 5.52. The second kappa shape index (κ2) is 4.11. The van der Waals surface area contributed by atoms with Crippen molar-refractivity contribution < 1.29 is 10.6 Å². The van der Waals surface area contributed by atoms with Crippen LogP contribution >= 0.6 is 0 Å². The van der Waals surface area contributed by atoms with Crippen LogP contribution in [-0.2, 0) is 13.0 Å². The van der Waals surface area contributed by atoms with Gasteiger partial charge in [-0.05, 0) is 12.5 Å². The Morgan fingerprint density at radius 3 is 2.79 bits per heavy atom.